The van der Waals surface area contributed by atoms with E-state index in [1.165, 1.54) is 11.3 Å². The third kappa shape index (κ3) is 4.07. The van der Waals surface area contributed by atoms with Crippen molar-refractivity contribution in [3.63, 3.8) is 0 Å². The number of thiazole rings is 1. The Morgan fingerprint density at radius 3 is 2.74 bits per heavy atom. The fraction of sp³-hybridized carbons (Fsp3) is 0.150. The standard InChI is InChI=1S/C20H16N4O2S/c21-11-14-2-4-15(5-3-14)12-23-24-20-22-13-19(27-20)16-6-7-17-18(10-16)26-9-1-8-25-17/h2-7,10,12-13H,1,8-9H2,(H,22,24)/b23-12+. The molecule has 1 aliphatic rings. The zero-order chi connectivity index (χ0) is 18.5. The number of nitrogens with zero attached hydrogens (tertiary/aromatic N) is 3. The van der Waals surface area contributed by atoms with Gasteiger partial charge in [0.1, 0.15) is 0 Å². The molecule has 6 nitrogen and oxygen atoms in total. The Labute approximate surface area is 160 Å². The van der Waals surface area contributed by atoms with Crippen LogP contribution in [0.4, 0.5) is 5.13 Å². The number of hydrogen-bond donors (Lipinski definition) is 1. The molecule has 2 aromatic carbocycles. The van der Waals surface area contributed by atoms with Gasteiger partial charge in [-0.25, -0.2) is 4.98 Å². The average Bonchev–Trinajstić information content (AvgIpc) is 3.05. The van der Waals surface area contributed by atoms with E-state index in [-0.39, 0.29) is 0 Å². The first-order valence-electron chi connectivity index (χ1n) is 8.47. The number of anilines is 1. The predicted molar refractivity (Wildman–Crippen MR) is 106 cm³/mol. The van der Waals surface area contributed by atoms with Crippen molar-refractivity contribution in [2.45, 2.75) is 6.42 Å². The minimum Gasteiger partial charge on any atom is -0.490 e. The van der Waals surface area contributed by atoms with E-state index in [0.717, 1.165) is 33.9 Å². The van der Waals surface area contributed by atoms with Gasteiger partial charge in [0, 0.05) is 12.6 Å². The summed E-state index contributed by atoms with van der Waals surface area (Å²) in [4.78, 5) is 5.38. The molecule has 0 amide bonds. The minimum atomic E-state index is 0.625. The number of nitrogens with one attached hydrogen (secondary N) is 1. The van der Waals surface area contributed by atoms with E-state index in [4.69, 9.17) is 14.7 Å². The van der Waals surface area contributed by atoms with E-state index >= 15 is 0 Å². The van der Waals surface area contributed by atoms with Crippen LogP contribution >= 0.6 is 11.3 Å². The van der Waals surface area contributed by atoms with Gasteiger partial charge in [0.05, 0.1) is 35.9 Å². The van der Waals surface area contributed by atoms with Crippen molar-refractivity contribution in [1.29, 1.82) is 5.26 Å². The highest BCUT2D eigenvalue weighted by molar-refractivity contribution is 7.18. The summed E-state index contributed by atoms with van der Waals surface area (Å²) in [5.74, 6) is 1.55. The molecular formula is C20H16N4O2S. The van der Waals surface area contributed by atoms with Crippen LogP contribution in [0.25, 0.3) is 10.4 Å². The molecule has 0 atom stereocenters. The molecule has 0 saturated carbocycles. The van der Waals surface area contributed by atoms with Crippen molar-refractivity contribution in [3.8, 4) is 28.0 Å². The number of aromatic nitrogens is 1. The third-order valence-electron chi connectivity index (χ3n) is 3.95. The van der Waals surface area contributed by atoms with Crippen molar-refractivity contribution in [2.75, 3.05) is 18.6 Å². The van der Waals surface area contributed by atoms with Gasteiger partial charge >= 0.3 is 0 Å². The molecule has 4 rings (SSSR count). The molecule has 134 valence electrons. The van der Waals surface area contributed by atoms with Crippen LogP contribution in [0.5, 0.6) is 11.5 Å². The molecule has 2 heterocycles. The number of fused-ring (bicyclic) bond motifs is 1. The zero-order valence-corrected chi connectivity index (χ0v) is 15.2. The van der Waals surface area contributed by atoms with E-state index in [1.807, 2.05) is 36.5 Å². The molecule has 0 saturated heterocycles. The normalized spacial score (nSPS) is 13.1. The van der Waals surface area contributed by atoms with Crippen LogP contribution < -0.4 is 14.9 Å². The maximum atomic E-state index is 8.81. The lowest BCUT2D eigenvalue weighted by Gasteiger charge is -2.08. The summed E-state index contributed by atoms with van der Waals surface area (Å²) in [5.41, 5.74) is 5.50. The fourth-order valence-electron chi connectivity index (χ4n) is 2.58. The Hall–Kier alpha value is -3.37. The molecule has 0 radical (unpaired) electrons. The molecule has 1 aliphatic heterocycles. The zero-order valence-electron chi connectivity index (χ0n) is 14.4. The average molecular weight is 376 g/mol. The number of nitriles is 1. The van der Waals surface area contributed by atoms with Crippen molar-refractivity contribution >= 4 is 22.7 Å². The molecule has 27 heavy (non-hydrogen) atoms. The second-order valence-corrected chi connectivity index (χ2v) is 6.88. The van der Waals surface area contributed by atoms with Gasteiger partial charge in [-0.15, -0.1) is 0 Å². The number of hydrazone groups is 1. The Balaban J connectivity index is 1.44. The van der Waals surface area contributed by atoms with Crippen LogP contribution in [0.2, 0.25) is 0 Å². The van der Waals surface area contributed by atoms with Crippen LogP contribution in [-0.4, -0.2) is 24.4 Å². The molecule has 3 aromatic rings. The summed E-state index contributed by atoms with van der Waals surface area (Å²) in [6.45, 7) is 1.34. The maximum Gasteiger partial charge on any atom is 0.203 e. The van der Waals surface area contributed by atoms with Gasteiger partial charge in [-0.3, -0.25) is 5.43 Å². The van der Waals surface area contributed by atoms with E-state index in [0.29, 0.717) is 23.9 Å². The van der Waals surface area contributed by atoms with Gasteiger partial charge in [-0.2, -0.15) is 10.4 Å². The molecule has 0 spiro atoms. The Kier molecular flexibility index (Phi) is 4.99. The molecule has 1 N–H and O–H groups in total. The highest BCUT2D eigenvalue weighted by Crippen LogP contribution is 2.36. The van der Waals surface area contributed by atoms with E-state index in [9.17, 15) is 0 Å². The Morgan fingerprint density at radius 2 is 1.93 bits per heavy atom. The van der Waals surface area contributed by atoms with Crippen molar-refractivity contribution in [1.82, 2.24) is 4.98 Å². The molecular weight excluding hydrogens is 360 g/mol. The summed E-state index contributed by atoms with van der Waals surface area (Å²) in [6.07, 6.45) is 4.38. The highest BCUT2D eigenvalue weighted by Gasteiger charge is 2.12. The van der Waals surface area contributed by atoms with Gasteiger partial charge in [0.25, 0.3) is 0 Å². The SMILES string of the molecule is N#Cc1ccc(/C=N/Nc2ncc(-c3ccc4c(c3)OCCCO4)s2)cc1. The highest BCUT2D eigenvalue weighted by atomic mass is 32.1. The monoisotopic (exact) mass is 376 g/mol. The van der Waals surface area contributed by atoms with E-state index in [2.05, 4.69) is 21.6 Å². The third-order valence-corrected chi connectivity index (χ3v) is 4.90. The summed E-state index contributed by atoms with van der Waals surface area (Å²) in [7, 11) is 0. The smallest absolute Gasteiger partial charge is 0.203 e. The number of benzene rings is 2. The van der Waals surface area contributed by atoms with Crippen LogP contribution in [0.15, 0.2) is 53.8 Å². The minimum absolute atomic E-state index is 0.625. The summed E-state index contributed by atoms with van der Waals surface area (Å²) < 4.78 is 11.4. The lowest BCUT2D eigenvalue weighted by atomic mass is 10.2. The lowest BCUT2D eigenvalue weighted by molar-refractivity contribution is 0.297. The van der Waals surface area contributed by atoms with Crippen LogP contribution in [-0.2, 0) is 0 Å². The fourth-order valence-corrected chi connectivity index (χ4v) is 3.34. The number of ether oxygens (including phenoxy) is 2. The van der Waals surface area contributed by atoms with Gasteiger partial charge < -0.3 is 9.47 Å². The molecule has 0 bridgehead atoms. The largest absolute Gasteiger partial charge is 0.490 e. The second kappa shape index (κ2) is 7.89. The topological polar surface area (TPSA) is 79.5 Å². The van der Waals surface area contributed by atoms with E-state index in [1.54, 1.807) is 18.3 Å². The summed E-state index contributed by atoms with van der Waals surface area (Å²) in [6, 6.07) is 15.2. The Morgan fingerprint density at radius 1 is 1.11 bits per heavy atom. The van der Waals surface area contributed by atoms with Crippen LogP contribution in [0.1, 0.15) is 17.5 Å². The molecule has 1 aromatic heterocycles. The first kappa shape index (κ1) is 17.1. The van der Waals surface area contributed by atoms with Crippen molar-refractivity contribution in [3.05, 3.63) is 59.8 Å². The molecule has 7 heteroatoms. The van der Waals surface area contributed by atoms with Crippen LogP contribution in [0, 0.1) is 11.3 Å². The second-order valence-electron chi connectivity index (χ2n) is 5.85. The quantitative estimate of drug-likeness (QED) is 0.543. The van der Waals surface area contributed by atoms with Crippen LogP contribution in [0.3, 0.4) is 0 Å². The first-order chi connectivity index (χ1) is 13.3. The van der Waals surface area contributed by atoms with Gasteiger partial charge in [0.2, 0.25) is 5.13 Å². The predicted octanol–water partition coefficient (Wildman–Crippen LogP) is 4.29. The van der Waals surface area contributed by atoms with Crippen molar-refractivity contribution < 1.29 is 9.47 Å². The van der Waals surface area contributed by atoms with Gasteiger partial charge in [0.15, 0.2) is 11.5 Å². The summed E-state index contributed by atoms with van der Waals surface area (Å²) >= 11 is 1.51. The summed E-state index contributed by atoms with van der Waals surface area (Å²) in [5, 5.41) is 13.7. The first-order valence-corrected chi connectivity index (χ1v) is 9.28. The van der Waals surface area contributed by atoms with Crippen molar-refractivity contribution in [2.24, 2.45) is 5.10 Å². The molecule has 0 fully saturated rings. The maximum absolute atomic E-state index is 8.81. The van der Waals surface area contributed by atoms with E-state index < -0.39 is 0 Å². The molecule has 0 unspecified atom stereocenters. The number of rotatable bonds is 4. The lowest BCUT2D eigenvalue weighted by Crippen LogP contribution is -1.97. The molecule has 0 aliphatic carbocycles. The van der Waals surface area contributed by atoms with Gasteiger partial charge in [-0.05, 0) is 41.5 Å². The van der Waals surface area contributed by atoms with Gasteiger partial charge in [-0.1, -0.05) is 23.5 Å². The number of hydrogen-bond acceptors (Lipinski definition) is 7. The Bertz CT molecular complexity index is 1010.